The molecule has 0 fully saturated rings. The highest BCUT2D eigenvalue weighted by Crippen LogP contribution is 2.39. The van der Waals surface area contributed by atoms with Crippen LogP contribution in [-0.2, 0) is 0 Å². The van der Waals surface area contributed by atoms with E-state index in [1.54, 1.807) is 13.2 Å². The van der Waals surface area contributed by atoms with E-state index >= 15 is 0 Å². The third-order valence-corrected chi connectivity index (χ3v) is 3.68. The molecule has 0 radical (unpaired) electrons. The lowest BCUT2D eigenvalue weighted by molar-refractivity contribution is 0.415. The van der Waals surface area contributed by atoms with Gasteiger partial charge in [0, 0.05) is 10.6 Å². The molecule has 0 saturated heterocycles. The summed E-state index contributed by atoms with van der Waals surface area (Å²) in [6, 6.07) is 5.61. The normalized spacial score (nSPS) is 10.3. The molecule has 0 aliphatic heterocycles. The highest BCUT2D eigenvalue weighted by Gasteiger charge is 2.17. The van der Waals surface area contributed by atoms with Crippen LogP contribution in [0.2, 0.25) is 5.02 Å². The van der Waals surface area contributed by atoms with E-state index in [0.29, 0.717) is 22.2 Å². The number of nitrogen functional groups attached to an aromatic ring is 1. The lowest BCUT2D eigenvalue weighted by Gasteiger charge is -2.14. The lowest BCUT2D eigenvalue weighted by Crippen LogP contribution is -1.95. The molecule has 1 aromatic carbocycles. The second-order valence-electron chi connectivity index (χ2n) is 4.33. The number of hydrogen-bond acceptors (Lipinski definition) is 3. The number of hydrogen-bond donors (Lipinski definition) is 2. The predicted octanol–water partition coefficient (Wildman–Crippen LogP) is 3.41. The highest BCUT2D eigenvalue weighted by molar-refractivity contribution is 6.32. The Bertz CT molecular complexity index is 683. The molecule has 0 saturated carbocycles. The van der Waals surface area contributed by atoms with Crippen molar-refractivity contribution in [2.24, 2.45) is 0 Å². The Balaban J connectivity index is 2.74. The molecule has 0 bridgehead atoms. The van der Waals surface area contributed by atoms with Gasteiger partial charge in [0.2, 0.25) is 0 Å². The van der Waals surface area contributed by atoms with Gasteiger partial charge < -0.3 is 15.5 Å². The number of rotatable bonds is 2. The molecule has 2 rings (SSSR count). The fraction of sp³-hybridized carbons (Fsp3) is 0.214. The van der Waals surface area contributed by atoms with Gasteiger partial charge in [-0.2, -0.15) is 5.26 Å². The molecule has 98 valence electrons. The van der Waals surface area contributed by atoms with Crippen LogP contribution < -0.4 is 10.5 Å². The summed E-state index contributed by atoms with van der Waals surface area (Å²) in [5.41, 5.74) is 9.55. The van der Waals surface area contributed by atoms with Crippen molar-refractivity contribution in [2.75, 3.05) is 12.8 Å². The van der Waals surface area contributed by atoms with Crippen molar-refractivity contribution in [1.29, 1.82) is 5.26 Å². The molecular formula is C14H14ClN3O. The first-order chi connectivity index (χ1) is 8.99. The van der Waals surface area contributed by atoms with E-state index in [1.807, 2.05) is 26.0 Å². The Kier molecular flexibility index (Phi) is 3.41. The standard InChI is InChI=1S/C14H14ClN3O/c1-7-4-11(19-3)12(8(2)13(7)15)10-5-9(6-16)14(17)18-10/h4-5,18H,17H2,1-3H3. The number of nitrogens with two attached hydrogens (primary N) is 1. The third kappa shape index (κ3) is 2.13. The third-order valence-electron chi connectivity index (χ3n) is 3.10. The lowest BCUT2D eigenvalue weighted by atomic mass is 10.0. The summed E-state index contributed by atoms with van der Waals surface area (Å²) in [5.74, 6) is 1.04. The summed E-state index contributed by atoms with van der Waals surface area (Å²) >= 11 is 6.28. The Morgan fingerprint density at radius 1 is 1.37 bits per heavy atom. The molecule has 0 aliphatic carbocycles. The Hall–Kier alpha value is -2.12. The van der Waals surface area contributed by atoms with E-state index < -0.39 is 0 Å². The number of methoxy groups -OCH3 is 1. The maximum atomic E-state index is 8.97. The van der Waals surface area contributed by atoms with Crippen LogP contribution in [0.4, 0.5) is 5.82 Å². The molecule has 0 unspecified atom stereocenters. The molecular weight excluding hydrogens is 262 g/mol. The van der Waals surface area contributed by atoms with Crippen LogP contribution in [0.3, 0.4) is 0 Å². The minimum absolute atomic E-state index is 0.343. The average Bonchev–Trinajstić information content (AvgIpc) is 2.76. The molecule has 0 amide bonds. The molecule has 0 spiro atoms. The number of nitrogens with one attached hydrogen (secondary N) is 1. The van der Waals surface area contributed by atoms with Crippen LogP contribution in [0, 0.1) is 25.2 Å². The SMILES string of the molecule is COc1cc(C)c(Cl)c(C)c1-c1cc(C#N)c(N)[nH]1. The number of aromatic nitrogens is 1. The van der Waals surface area contributed by atoms with Crippen LogP contribution in [-0.4, -0.2) is 12.1 Å². The van der Waals surface area contributed by atoms with Gasteiger partial charge in [0.05, 0.1) is 18.4 Å². The summed E-state index contributed by atoms with van der Waals surface area (Å²) in [4.78, 5) is 2.99. The number of halogens is 1. The predicted molar refractivity (Wildman–Crippen MR) is 76.4 cm³/mol. The topological polar surface area (TPSA) is 74.8 Å². The zero-order valence-electron chi connectivity index (χ0n) is 11.0. The molecule has 5 heteroatoms. The van der Waals surface area contributed by atoms with Crippen LogP contribution >= 0.6 is 11.6 Å². The van der Waals surface area contributed by atoms with E-state index in [-0.39, 0.29) is 0 Å². The highest BCUT2D eigenvalue weighted by atomic mass is 35.5. The van der Waals surface area contributed by atoms with Crippen molar-refractivity contribution in [1.82, 2.24) is 4.98 Å². The van der Waals surface area contributed by atoms with Crippen LogP contribution in [0.5, 0.6) is 5.75 Å². The smallest absolute Gasteiger partial charge is 0.128 e. The first-order valence-electron chi connectivity index (χ1n) is 5.72. The number of aromatic amines is 1. The van der Waals surface area contributed by atoms with Gasteiger partial charge in [-0.05, 0) is 37.1 Å². The van der Waals surface area contributed by atoms with Crippen molar-refractivity contribution in [3.8, 4) is 23.1 Å². The summed E-state index contributed by atoms with van der Waals surface area (Å²) < 4.78 is 5.40. The molecule has 3 N–H and O–H groups in total. The minimum Gasteiger partial charge on any atom is -0.496 e. The molecule has 0 aliphatic rings. The molecule has 1 aromatic heterocycles. The van der Waals surface area contributed by atoms with Crippen molar-refractivity contribution < 1.29 is 4.74 Å². The van der Waals surface area contributed by atoms with Gasteiger partial charge in [0.25, 0.3) is 0 Å². The molecule has 4 nitrogen and oxygen atoms in total. The van der Waals surface area contributed by atoms with Crippen molar-refractivity contribution in [3.63, 3.8) is 0 Å². The fourth-order valence-electron chi connectivity index (χ4n) is 2.12. The van der Waals surface area contributed by atoms with Gasteiger partial charge in [-0.1, -0.05) is 11.6 Å². The number of H-pyrrole nitrogens is 1. The number of nitriles is 1. The summed E-state index contributed by atoms with van der Waals surface area (Å²) in [6.45, 7) is 3.83. The number of nitrogens with zero attached hydrogens (tertiary/aromatic N) is 1. The van der Waals surface area contributed by atoms with E-state index in [4.69, 9.17) is 27.3 Å². The zero-order chi connectivity index (χ0) is 14.2. The average molecular weight is 276 g/mol. The zero-order valence-corrected chi connectivity index (χ0v) is 11.7. The maximum absolute atomic E-state index is 8.97. The fourth-order valence-corrected chi connectivity index (χ4v) is 2.26. The number of benzene rings is 1. The summed E-state index contributed by atoms with van der Waals surface area (Å²) in [7, 11) is 1.60. The first-order valence-corrected chi connectivity index (χ1v) is 6.10. The summed E-state index contributed by atoms with van der Waals surface area (Å²) in [5, 5.41) is 9.65. The molecule has 19 heavy (non-hydrogen) atoms. The first kappa shape index (κ1) is 13.3. The van der Waals surface area contributed by atoms with E-state index in [0.717, 1.165) is 22.4 Å². The van der Waals surface area contributed by atoms with Crippen molar-refractivity contribution >= 4 is 17.4 Å². The Morgan fingerprint density at radius 3 is 2.58 bits per heavy atom. The second kappa shape index (κ2) is 4.87. The van der Waals surface area contributed by atoms with Gasteiger partial charge in [0.1, 0.15) is 17.6 Å². The molecule has 2 aromatic rings. The molecule has 0 atom stereocenters. The Labute approximate surface area is 116 Å². The maximum Gasteiger partial charge on any atom is 0.128 e. The monoisotopic (exact) mass is 275 g/mol. The van der Waals surface area contributed by atoms with Crippen LogP contribution in [0.25, 0.3) is 11.3 Å². The van der Waals surface area contributed by atoms with Crippen LogP contribution in [0.1, 0.15) is 16.7 Å². The number of ether oxygens (including phenoxy) is 1. The van der Waals surface area contributed by atoms with Crippen LogP contribution in [0.15, 0.2) is 12.1 Å². The van der Waals surface area contributed by atoms with Gasteiger partial charge >= 0.3 is 0 Å². The quantitative estimate of drug-likeness (QED) is 0.882. The number of anilines is 1. The minimum atomic E-state index is 0.343. The largest absolute Gasteiger partial charge is 0.496 e. The van der Waals surface area contributed by atoms with Gasteiger partial charge in [-0.3, -0.25) is 0 Å². The van der Waals surface area contributed by atoms with Gasteiger partial charge in [-0.15, -0.1) is 0 Å². The molecule has 1 heterocycles. The summed E-state index contributed by atoms with van der Waals surface area (Å²) in [6.07, 6.45) is 0. The van der Waals surface area contributed by atoms with E-state index in [1.165, 1.54) is 0 Å². The van der Waals surface area contributed by atoms with Gasteiger partial charge in [0.15, 0.2) is 0 Å². The van der Waals surface area contributed by atoms with Gasteiger partial charge in [-0.25, -0.2) is 0 Å². The van der Waals surface area contributed by atoms with E-state index in [9.17, 15) is 0 Å². The Morgan fingerprint density at radius 2 is 2.05 bits per heavy atom. The van der Waals surface area contributed by atoms with Crippen molar-refractivity contribution in [3.05, 3.63) is 33.8 Å². The second-order valence-corrected chi connectivity index (χ2v) is 4.71. The number of aryl methyl sites for hydroxylation is 1. The van der Waals surface area contributed by atoms with E-state index in [2.05, 4.69) is 4.98 Å². The van der Waals surface area contributed by atoms with Crippen molar-refractivity contribution in [2.45, 2.75) is 13.8 Å².